The van der Waals surface area contributed by atoms with Gasteiger partial charge in [-0.15, -0.1) is 0 Å². The van der Waals surface area contributed by atoms with E-state index in [-0.39, 0.29) is 30.2 Å². The Balaban J connectivity index is 1.34. The molecule has 150 valence electrons. The van der Waals surface area contributed by atoms with Crippen LogP contribution in [0.3, 0.4) is 0 Å². The van der Waals surface area contributed by atoms with Gasteiger partial charge in [0.1, 0.15) is 5.69 Å². The molecule has 0 saturated heterocycles. The Morgan fingerprint density at radius 1 is 1.04 bits per heavy atom. The predicted molar refractivity (Wildman–Crippen MR) is 97.7 cm³/mol. The highest BCUT2D eigenvalue weighted by molar-refractivity contribution is 5.93. The summed E-state index contributed by atoms with van der Waals surface area (Å²) in [5, 5.41) is 6.10. The number of aromatic nitrogens is 1. The lowest BCUT2D eigenvalue weighted by Crippen LogP contribution is -2.67. The average Bonchev–Trinajstić information content (AvgIpc) is 2.59. The van der Waals surface area contributed by atoms with Gasteiger partial charge in [0.05, 0.1) is 5.41 Å². The van der Waals surface area contributed by atoms with Gasteiger partial charge < -0.3 is 10.6 Å². The Labute approximate surface area is 162 Å². The van der Waals surface area contributed by atoms with Crippen molar-refractivity contribution in [1.82, 2.24) is 15.6 Å². The van der Waals surface area contributed by atoms with E-state index in [1.165, 1.54) is 0 Å². The van der Waals surface area contributed by atoms with Gasteiger partial charge in [-0.1, -0.05) is 6.07 Å². The van der Waals surface area contributed by atoms with Crippen LogP contribution in [-0.2, 0) is 4.79 Å². The third kappa shape index (κ3) is 2.99. The fraction of sp³-hybridized carbons (Fsp3) is 0.667. The van der Waals surface area contributed by atoms with Crippen LogP contribution in [0, 0.1) is 17.3 Å². The first-order valence-electron chi connectivity index (χ1n) is 10.2. The van der Waals surface area contributed by atoms with Crippen molar-refractivity contribution in [2.75, 3.05) is 0 Å². The van der Waals surface area contributed by atoms with Crippen molar-refractivity contribution in [3.05, 3.63) is 30.1 Å². The molecule has 0 aromatic carbocycles. The van der Waals surface area contributed by atoms with Gasteiger partial charge in [-0.05, 0) is 62.5 Å². The third-order valence-electron chi connectivity index (χ3n) is 7.24. The molecule has 1 aromatic rings. The number of alkyl halides is 2. The zero-order valence-electron chi connectivity index (χ0n) is 15.7. The number of halogens is 2. The van der Waals surface area contributed by atoms with E-state index >= 15 is 0 Å². The van der Waals surface area contributed by atoms with Crippen molar-refractivity contribution < 1.29 is 18.4 Å². The molecule has 2 amide bonds. The summed E-state index contributed by atoms with van der Waals surface area (Å²) in [5.74, 6) is -2.12. The molecule has 5 fully saturated rings. The maximum Gasteiger partial charge on any atom is 0.270 e. The normalized spacial score (nSPS) is 37.9. The minimum Gasteiger partial charge on any atom is -0.352 e. The molecule has 2 unspecified atom stereocenters. The fourth-order valence-corrected chi connectivity index (χ4v) is 6.58. The second-order valence-electron chi connectivity index (χ2n) is 9.63. The number of pyridine rings is 1. The van der Waals surface area contributed by atoms with E-state index in [9.17, 15) is 18.4 Å². The first-order chi connectivity index (χ1) is 13.3. The SMILES string of the molecule is O=C(NC12CC3CC(C1)CC(C(=O)NC1CC(F)(F)C1)(C3)C2)c1ccccn1. The van der Waals surface area contributed by atoms with E-state index in [4.69, 9.17) is 0 Å². The molecule has 5 saturated carbocycles. The minimum absolute atomic E-state index is 0.0847. The second-order valence-corrected chi connectivity index (χ2v) is 9.63. The highest BCUT2D eigenvalue weighted by atomic mass is 19.3. The minimum atomic E-state index is -2.64. The summed E-state index contributed by atoms with van der Waals surface area (Å²) in [5.41, 5.74) is -0.542. The van der Waals surface area contributed by atoms with Crippen LogP contribution in [0.1, 0.15) is 61.9 Å². The summed E-state index contributed by atoms with van der Waals surface area (Å²) < 4.78 is 26.3. The highest BCUT2D eigenvalue weighted by Crippen LogP contribution is 2.62. The standard InChI is InChI=1S/C21H25F2N3O2/c22-21(23)10-15(11-21)25-18(28)19-6-13-5-14(7-19)9-20(8-13,12-19)26-17(27)16-3-1-2-4-24-16/h1-4,13-15H,5-12H2,(H,25,28)(H,26,27). The van der Waals surface area contributed by atoms with E-state index in [1.54, 1.807) is 24.4 Å². The van der Waals surface area contributed by atoms with Crippen LogP contribution in [0.5, 0.6) is 0 Å². The summed E-state index contributed by atoms with van der Waals surface area (Å²) in [7, 11) is 0. The molecule has 0 aliphatic heterocycles. The number of amides is 2. The number of carbonyl (C=O) groups is 2. The summed E-state index contributed by atoms with van der Waals surface area (Å²) >= 11 is 0. The van der Waals surface area contributed by atoms with E-state index in [0.29, 0.717) is 24.0 Å². The first-order valence-corrected chi connectivity index (χ1v) is 10.2. The monoisotopic (exact) mass is 389 g/mol. The molecule has 1 aromatic heterocycles. The van der Waals surface area contributed by atoms with E-state index in [2.05, 4.69) is 15.6 Å². The highest BCUT2D eigenvalue weighted by Gasteiger charge is 2.61. The number of carbonyl (C=O) groups excluding carboxylic acids is 2. The van der Waals surface area contributed by atoms with Gasteiger partial charge in [0.2, 0.25) is 5.91 Å². The summed E-state index contributed by atoms with van der Waals surface area (Å²) in [4.78, 5) is 30.0. The number of nitrogens with zero attached hydrogens (tertiary/aromatic N) is 1. The van der Waals surface area contributed by atoms with Crippen molar-refractivity contribution in [3.8, 4) is 0 Å². The van der Waals surface area contributed by atoms with Gasteiger partial charge in [0.25, 0.3) is 11.8 Å². The molecule has 1 heterocycles. The van der Waals surface area contributed by atoms with Crippen LogP contribution in [0.2, 0.25) is 0 Å². The van der Waals surface area contributed by atoms with Gasteiger partial charge >= 0.3 is 0 Å². The molecule has 5 aliphatic rings. The van der Waals surface area contributed by atoms with Gasteiger partial charge in [0, 0.05) is 30.6 Å². The average molecular weight is 389 g/mol. The summed E-state index contributed by atoms with van der Waals surface area (Å²) in [6, 6.07) is 4.82. The Kier molecular flexibility index (Phi) is 3.84. The van der Waals surface area contributed by atoms with Crippen molar-refractivity contribution in [1.29, 1.82) is 0 Å². The Morgan fingerprint density at radius 2 is 1.75 bits per heavy atom. The van der Waals surface area contributed by atoms with Crippen LogP contribution in [0.25, 0.3) is 0 Å². The zero-order valence-corrected chi connectivity index (χ0v) is 15.7. The van der Waals surface area contributed by atoms with Crippen LogP contribution >= 0.6 is 0 Å². The zero-order chi connectivity index (χ0) is 19.6. The van der Waals surface area contributed by atoms with E-state index in [0.717, 1.165) is 32.1 Å². The first kappa shape index (κ1) is 18.0. The fourth-order valence-electron chi connectivity index (χ4n) is 6.58. The maximum atomic E-state index is 13.2. The molecule has 2 atom stereocenters. The summed E-state index contributed by atoms with van der Waals surface area (Å²) in [6.07, 6.45) is 6.15. The molecule has 4 bridgehead atoms. The summed E-state index contributed by atoms with van der Waals surface area (Å²) in [6.45, 7) is 0. The second kappa shape index (κ2) is 5.97. The molecule has 7 heteroatoms. The molecule has 6 rings (SSSR count). The maximum absolute atomic E-state index is 13.2. The Morgan fingerprint density at radius 3 is 2.36 bits per heavy atom. The van der Waals surface area contributed by atoms with Crippen LogP contribution < -0.4 is 10.6 Å². The molecular formula is C21H25F2N3O2. The topological polar surface area (TPSA) is 71.1 Å². The number of rotatable bonds is 4. The van der Waals surface area contributed by atoms with E-state index in [1.807, 2.05) is 0 Å². The largest absolute Gasteiger partial charge is 0.352 e. The molecule has 2 N–H and O–H groups in total. The third-order valence-corrected chi connectivity index (χ3v) is 7.24. The van der Waals surface area contributed by atoms with Crippen molar-refractivity contribution in [2.45, 2.75) is 68.9 Å². The molecule has 5 nitrogen and oxygen atoms in total. The lowest BCUT2D eigenvalue weighted by atomic mass is 9.46. The Bertz CT molecular complexity index is 791. The van der Waals surface area contributed by atoms with Gasteiger partial charge in [0.15, 0.2) is 0 Å². The molecule has 5 aliphatic carbocycles. The smallest absolute Gasteiger partial charge is 0.270 e. The molecule has 0 spiro atoms. The number of hydrogen-bond donors (Lipinski definition) is 2. The number of nitrogens with one attached hydrogen (secondary N) is 2. The van der Waals surface area contributed by atoms with Crippen LogP contribution in [0.4, 0.5) is 8.78 Å². The van der Waals surface area contributed by atoms with Crippen molar-refractivity contribution in [3.63, 3.8) is 0 Å². The van der Waals surface area contributed by atoms with Gasteiger partial charge in [-0.25, -0.2) is 8.78 Å². The van der Waals surface area contributed by atoms with Crippen LogP contribution in [0.15, 0.2) is 24.4 Å². The van der Waals surface area contributed by atoms with Crippen molar-refractivity contribution >= 4 is 11.8 Å². The molecular weight excluding hydrogens is 364 g/mol. The quantitative estimate of drug-likeness (QED) is 0.831. The van der Waals surface area contributed by atoms with Crippen molar-refractivity contribution in [2.24, 2.45) is 17.3 Å². The Hall–Kier alpha value is -2.05. The van der Waals surface area contributed by atoms with Gasteiger partial charge in [-0.2, -0.15) is 0 Å². The predicted octanol–water partition coefficient (Wildman–Crippen LogP) is 3.06. The number of hydrogen-bond acceptors (Lipinski definition) is 3. The lowest BCUT2D eigenvalue weighted by molar-refractivity contribution is -0.155. The van der Waals surface area contributed by atoms with Crippen LogP contribution in [-0.4, -0.2) is 34.3 Å². The lowest BCUT2D eigenvalue weighted by Gasteiger charge is -2.61. The molecule has 28 heavy (non-hydrogen) atoms. The van der Waals surface area contributed by atoms with E-state index < -0.39 is 17.4 Å². The van der Waals surface area contributed by atoms with Gasteiger partial charge in [-0.3, -0.25) is 14.6 Å². The molecule has 0 radical (unpaired) electrons.